The molecule has 9 heteroatoms. The van der Waals surface area contributed by atoms with Crippen LogP contribution in [-0.2, 0) is 4.79 Å². The number of H-pyrrole nitrogens is 1. The summed E-state index contributed by atoms with van der Waals surface area (Å²) in [7, 11) is 0. The summed E-state index contributed by atoms with van der Waals surface area (Å²) < 4.78 is 1.65. The van der Waals surface area contributed by atoms with E-state index in [2.05, 4.69) is 30.5 Å². The first-order valence-corrected chi connectivity index (χ1v) is 11.5. The number of nitrogen functional groups attached to an aromatic ring is 1. The normalized spacial score (nSPS) is 11.2. The molecular weight excluding hydrogens is 452 g/mol. The van der Waals surface area contributed by atoms with E-state index in [-0.39, 0.29) is 5.91 Å². The lowest BCUT2D eigenvalue weighted by Gasteiger charge is -2.07. The van der Waals surface area contributed by atoms with Gasteiger partial charge >= 0.3 is 0 Å². The molecule has 0 aliphatic heterocycles. The quantitative estimate of drug-likeness (QED) is 0.309. The molecule has 0 spiro atoms. The highest BCUT2D eigenvalue weighted by molar-refractivity contribution is 6.01. The number of nitrogens with two attached hydrogens (primary N) is 1. The van der Waals surface area contributed by atoms with Crippen LogP contribution < -0.4 is 11.2 Å². The lowest BCUT2D eigenvalue weighted by molar-refractivity contribution is -0.115. The number of hydrogen-bond donors (Lipinski definition) is 3. The average molecular weight is 475 g/mol. The Labute approximate surface area is 206 Å². The van der Waals surface area contributed by atoms with Gasteiger partial charge in [-0.15, -0.1) is 0 Å². The molecule has 6 rings (SSSR count). The van der Waals surface area contributed by atoms with Crippen molar-refractivity contribution in [1.82, 2.24) is 29.8 Å². The Hall–Kier alpha value is -5.05. The zero-order valence-corrected chi connectivity index (χ0v) is 19.4. The number of benzene rings is 1. The van der Waals surface area contributed by atoms with Crippen LogP contribution in [0.4, 0.5) is 5.69 Å². The van der Waals surface area contributed by atoms with Crippen LogP contribution in [-0.4, -0.2) is 35.7 Å². The molecule has 0 aliphatic rings. The van der Waals surface area contributed by atoms with Crippen LogP contribution in [0.25, 0.3) is 55.7 Å². The highest BCUT2D eigenvalue weighted by atomic mass is 16.1. The number of carbonyl (C=O) groups excluding carboxylic acids is 1. The van der Waals surface area contributed by atoms with Crippen molar-refractivity contribution in [2.75, 3.05) is 11.2 Å². The number of aromatic nitrogens is 6. The number of pyridine rings is 3. The average Bonchev–Trinajstić information content (AvgIpc) is 3.49. The second kappa shape index (κ2) is 8.62. The molecule has 1 amide bonds. The number of aromatic amines is 1. The first-order valence-electron chi connectivity index (χ1n) is 11.5. The van der Waals surface area contributed by atoms with Gasteiger partial charge in [0.05, 0.1) is 28.8 Å². The van der Waals surface area contributed by atoms with Crippen LogP contribution in [0.2, 0.25) is 0 Å². The summed E-state index contributed by atoms with van der Waals surface area (Å²) in [6, 6.07) is 17.7. The Balaban J connectivity index is 1.47. The minimum atomic E-state index is -0.0690. The predicted octanol–water partition coefficient (Wildman–Crippen LogP) is 4.77. The maximum absolute atomic E-state index is 11.8. The lowest BCUT2D eigenvalue weighted by Crippen LogP contribution is -2.09. The number of anilines is 1. The van der Waals surface area contributed by atoms with Gasteiger partial charge in [-0.3, -0.25) is 24.5 Å². The van der Waals surface area contributed by atoms with E-state index in [4.69, 9.17) is 5.84 Å². The van der Waals surface area contributed by atoms with Crippen LogP contribution in [0.5, 0.6) is 0 Å². The molecule has 0 fully saturated rings. The Morgan fingerprint density at radius 1 is 1.00 bits per heavy atom. The van der Waals surface area contributed by atoms with Crippen molar-refractivity contribution in [3.05, 3.63) is 79.4 Å². The van der Waals surface area contributed by atoms with Gasteiger partial charge in [-0.05, 0) is 36.4 Å². The van der Waals surface area contributed by atoms with Crippen molar-refractivity contribution in [3.8, 4) is 33.8 Å². The van der Waals surface area contributed by atoms with E-state index < -0.39 is 0 Å². The van der Waals surface area contributed by atoms with Gasteiger partial charge in [-0.1, -0.05) is 25.1 Å². The number of carbonyl (C=O) groups is 1. The standard InChI is InChI=1S/C27H22N8O/c1-2-25(36)32-18-10-16(13-29-15-18)17-11-21-26(33-34-27(21)31-14-17)24-12-20-19(22-7-3-4-9-30-22)6-5-8-23(20)35(24)28/h3-15H,2,28H2,1H3,(H,32,36)(H,31,33,34). The molecule has 0 aliphatic carbocycles. The van der Waals surface area contributed by atoms with Gasteiger partial charge in [0.2, 0.25) is 5.91 Å². The molecule has 36 heavy (non-hydrogen) atoms. The van der Waals surface area contributed by atoms with Crippen LogP contribution in [0.15, 0.2) is 79.4 Å². The summed E-state index contributed by atoms with van der Waals surface area (Å²) in [6.07, 6.45) is 7.29. The summed E-state index contributed by atoms with van der Waals surface area (Å²) in [5, 5.41) is 12.2. The van der Waals surface area contributed by atoms with Gasteiger partial charge in [0.15, 0.2) is 5.65 Å². The smallest absolute Gasteiger partial charge is 0.224 e. The number of nitrogens with one attached hydrogen (secondary N) is 2. The fraction of sp³-hybridized carbons (Fsp3) is 0.0741. The largest absolute Gasteiger partial charge is 0.339 e. The zero-order valence-electron chi connectivity index (χ0n) is 19.4. The van der Waals surface area contributed by atoms with E-state index in [9.17, 15) is 4.79 Å². The second-order valence-corrected chi connectivity index (χ2v) is 8.41. The van der Waals surface area contributed by atoms with Crippen LogP contribution in [0.1, 0.15) is 13.3 Å². The third kappa shape index (κ3) is 3.63. The molecule has 0 atom stereocenters. The molecule has 0 saturated heterocycles. The topological polar surface area (TPSA) is 127 Å². The van der Waals surface area contributed by atoms with E-state index >= 15 is 0 Å². The van der Waals surface area contributed by atoms with E-state index in [1.807, 2.05) is 54.6 Å². The van der Waals surface area contributed by atoms with Gasteiger partial charge in [0.1, 0.15) is 5.69 Å². The lowest BCUT2D eigenvalue weighted by atomic mass is 10.1. The Bertz CT molecular complexity index is 1740. The predicted molar refractivity (Wildman–Crippen MR) is 140 cm³/mol. The molecule has 0 unspecified atom stereocenters. The monoisotopic (exact) mass is 474 g/mol. The van der Waals surface area contributed by atoms with E-state index in [1.54, 1.807) is 36.4 Å². The minimum Gasteiger partial charge on any atom is -0.339 e. The SMILES string of the molecule is CCC(=O)Nc1cncc(-c2cnc3[nH]nc(-c4cc5c(-c6ccccn6)cccc5n4N)c3c2)c1. The molecule has 5 aromatic heterocycles. The third-order valence-electron chi connectivity index (χ3n) is 6.16. The minimum absolute atomic E-state index is 0.0690. The molecule has 9 nitrogen and oxygen atoms in total. The van der Waals surface area contributed by atoms with Gasteiger partial charge in [-0.25, -0.2) is 4.98 Å². The summed E-state index contributed by atoms with van der Waals surface area (Å²) in [5.74, 6) is 6.50. The van der Waals surface area contributed by atoms with E-state index in [0.717, 1.165) is 44.4 Å². The molecule has 5 heterocycles. The van der Waals surface area contributed by atoms with Crippen LogP contribution in [0, 0.1) is 0 Å². The summed E-state index contributed by atoms with van der Waals surface area (Å²) in [5.41, 5.74) is 7.14. The molecular formula is C27H22N8O. The van der Waals surface area contributed by atoms with Crippen molar-refractivity contribution in [2.24, 2.45) is 0 Å². The number of hydrogen-bond acceptors (Lipinski definition) is 6. The molecule has 0 bridgehead atoms. The Kier molecular flexibility index (Phi) is 5.15. The molecule has 1 aromatic carbocycles. The molecule has 4 N–H and O–H groups in total. The second-order valence-electron chi connectivity index (χ2n) is 8.41. The van der Waals surface area contributed by atoms with Gasteiger partial charge < -0.3 is 11.2 Å². The van der Waals surface area contributed by atoms with Gasteiger partial charge in [0.25, 0.3) is 0 Å². The maximum atomic E-state index is 11.8. The first-order chi connectivity index (χ1) is 17.6. The fourth-order valence-electron chi connectivity index (χ4n) is 4.35. The maximum Gasteiger partial charge on any atom is 0.224 e. The Morgan fingerprint density at radius 3 is 2.72 bits per heavy atom. The van der Waals surface area contributed by atoms with Gasteiger partial charge in [-0.2, -0.15) is 5.10 Å². The van der Waals surface area contributed by atoms with Crippen LogP contribution in [0.3, 0.4) is 0 Å². The highest BCUT2D eigenvalue weighted by Gasteiger charge is 2.18. The number of amides is 1. The summed E-state index contributed by atoms with van der Waals surface area (Å²) in [4.78, 5) is 25.2. The fourth-order valence-corrected chi connectivity index (χ4v) is 4.35. The van der Waals surface area contributed by atoms with Crippen LogP contribution >= 0.6 is 0 Å². The zero-order chi connectivity index (χ0) is 24.6. The third-order valence-corrected chi connectivity index (χ3v) is 6.16. The Morgan fingerprint density at radius 2 is 1.89 bits per heavy atom. The summed E-state index contributed by atoms with van der Waals surface area (Å²) in [6.45, 7) is 1.81. The van der Waals surface area contributed by atoms with Crippen molar-refractivity contribution in [2.45, 2.75) is 13.3 Å². The van der Waals surface area contributed by atoms with E-state index in [1.165, 1.54) is 0 Å². The van der Waals surface area contributed by atoms with Gasteiger partial charge in [0, 0.05) is 52.5 Å². The number of nitrogens with zero attached hydrogens (tertiary/aromatic N) is 5. The summed E-state index contributed by atoms with van der Waals surface area (Å²) >= 11 is 0. The molecule has 176 valence electrons. The number of rotatable bonds is 5. The van der Waals surface area contributed by atoms with Crippen molar-refractivity contribution < 1.29 is 4.79 Å². The molecule has 0 saturated carbocycles. The van der Waals surface area contributed by atoms with E-state index in [0.29, 0.717) is 23.4 Å². The molecule has 0 radical (unpaired) electrons. The van der Waals surface area contributed by atoms with Crippen molar-refractivity contribution >= 4 is 33.5 Å². The van der Waals surface area contributed by atoms with Crippen molar-refractivity contribution in [1.29, 1.82) is 0 Å². The highest BCUT2D eigenvalue weighted by Crippen LogP contribution is 2.35. The number of fused-ring (bicyclic) bond motifs is 2. The first kappa shape index (κ1) is 21.5. The molecule has 6 aromatic rings. The van der Waals surface area contributed by atoms with Crippen molar-refractivity contribution in [3.63, 3.8) is 0 Å².